The molecule has 17 heavy (non-hydrogen) atoms. The summed E-state index contributed by atoms with van der Waals surface area (Å²) in [6.07, 6.45) is 17.7. The number of aliphatic hydroxyl groups is 1. The van der Waals surface area contributed by atoms with E-state index in [1.807, 2.05) is 30.4 Å². The van der Waals surface area contributed by atoms with Gasteiger partial charge in [0.25, 0.3) is 0 Å². The van der Waals surface area contributed by atoms with Crippen molar-refractivity contribution in [3.8, 4) is 0 Å². The fraction of sp³-hybridized carbons (Fsp3) is 0.600. The molecule has 0 bridgehead atoms. The van der Waals surface area contributed by atoms with Crippen LogP contribution in [0.15, 0.2) is 35.4 Å². The van der Waals surface area contributed by atoms with Gasteiger partial charge in [-0.1, -0.05) is 91.8 Å². The van der Waals surface area contributed by atoms with Gasteiger partial charge in [0.05, 0.1) is 6.10 Å². The molecular weight excluding hydrogens is 276 g/mol. The van der Waals surface area contributed by atoms with Crippen LogP contribution < -0.4 is 0 Å². The second-order valence-electron chi connectivity index (χ2n) is 4.21. The molecule has 0 amide bonds. The molecule has 0 aromatic heterocycles. The molecule has 0 saturated carbocycles. The van der Waals surface area contributed by atoms with E-state index in [0.29, 0.717) is 0 Å². The van der Waals surface area contributed by atoms with E-state index in [1.54, 1.807) is 4.99 Å². The lowest BCUT2D eigenvalue weighted by molar-refractivity contribution is 0.208. The van der Waals surface area contributed by atoms with Crippen LogP contribution in [0.2, 0.25) is 0 Å². The smallest absolute Gasteiger partial charge is 0.0723 e. The molecule has 1 atom stereocenters. The average molecular weight is 301 g/mol. The second kappa shape index (κ2) is 13.7. The molecule has 1 nitrogen and oxygen atoms in total. The molecule has 0 spiro atoms. The summed E-state index contributed by atoms with van der Waals surface area (Å²) in [6, 6.07) is 0. The lowest BCUT2D eigenvalue weighted by Crippen LogP contribution is -2.01. The zero-order valence-electron chi connectivity index (χ0n) is 10.8. The van der Waals surface area contributed by atoms with Crippen molar-refractivity contribution in [3.63, 3.8) is 0 Å². The van der Waals surface area contributed by atoms with Crippen LogP contribution in [0.1, 0.15) is 51.9 Å². The minimum atomic E-state index is -0.293. The van der Waals surface area contributed by atoms with Crippen molar-refractivity contribution in [2.75, 3.05) is 0 Å². The molecule has 0 saturated heterocycles. The first-order valence-corrected chi connectivity index (χ1v) is 7.51. The Morgan fingerprint density at radius 3 is 2.29 bits per heavy atom. The maximum absolute atomic E-state index is 9.66. The molecule has 0 heterocycles. The molecular formula is C15H25BrO. The van der Waals surface area contributed by atoms with Crippen LogP contribution in [0.3, 0.4) is 0 Å². The summed E-state index contributed by atoms with van der Waals surface area (Å²) < 4.78 is 0. The first kappa shape index (κ1) is 16.7. The Labute approximate surface area is 114 Å². The molecule has 98 valence electrons. The summed E-state index contributed by atoms with van der Waals surface area (Å²) in [5.41, 5.74) is 0. The van der Waals surface area contributed by atoms with E-state index in [9.17, 15) is 5.11 Å². The fourth-order valence-electron chi connectivity index (χ4n) is 1.59. The predicted molar refractivity (Wildman–Crippen MR) is 80.3 cm³/mol. The summed E-state index contributed by atoms with van der Waals surface area (Å²) >= 11 is 3.19. The molecule has 0 aliphatic heterocycles. The van der Waals surface area contributed by atoms with Crippen LogP contribution in [-0.2, 0) is 0 Å². The molecule has 0 rings (SSSR count). The van der Waals surface area contributed by atoms with Crippen molar-refractivity contribution >= 4 is 15.9 Å². The topological polar surface area (TPSA) is 20.2 Å². The van der Waals surface area contributed by atoms with Crippen LogP contribution in [-0.4, -0.2) is 11.2 Å². The largest absolute Gasteiger partial charge is 0.389 e. The molecule has 1 N–H and O–H groups in total. The van der Waals surface area contributed by atoms with Gasteiger partial charge < -0.3 is 5.11 Å². The fourth-order valence-corrected chi connectivity index (χ4v) is 1.77. The number of hydrogen-bond donors (Lipinski definition) is 1. The number of aliphatic hydroxyl groups excluding tert-OH is 1. The standard InChI is InChI=1S/C15H25BrO/c1-2-3-4-5-6-9-12-15(17)13-10-7-8-11-14-16/h7-8,10-11,13-15,17H,2-6,9,12H2,1H3/b8-7+,13-10+,14-11-. The van der Waals surface area contributed by atoms with Crippen molar-refractivity contribution in [3.05, 3.63) is 35.4 Å². The molecule has 1 unspecified atom stereocenters. The highest BCUT2D eigenvalue weighted by atomic mass is 79.9. The number of unbranched alkanes of at least 4 members (excludes halogenated alkanes) is 5. The van der Waals surface area contributed by atoms with E-state index in [0.717, 1.165) is 12.8 Å². The molecule has 2 heteroatoms. The Hall–Kier alpha value is -0.340. The summed E-state index contributed by atoms with van der Waals surface area (Å²) in [5.74, 6) is 0. The Morgan fingerprint density at radius 1 is 0.941 bits per heavy atom. The van der Waals surface area contributed by atoms with Gasteiger partial charge >= 0.3 is 0 Å². The van der Waals surface area contributed by atoms with E-state index in [1.165, 1.54) is 32.1 Å². The van der Waals surface area contributed by atoms with E-state index >= 15 is 0 Å². The van der Waals surface area contributed by atoms with Gasteiger partial charge in [-0.3, -0.25) is 0 Å². The lowest BCUT2D eigenvalue weighted by Gasteiger charge is -2.04. The van der Waals surface area contributed by atoms with Gasteiger partial charge in [-0.15, -0.1) is 0 Å². The highest BCUT2D eigenvalue weighted by Crippen LogP contribution is 2.09. The highest BCUT2D eigenvalue weighted by Gasteiger charge is 1.97. The Kier molecular flexibility index (Phi) is 13.4. The van der Waals surface area contributed by atoms with Gasteiger partial charge in [-0.25, -0.2) is 0 Å². The maximum Gasteiger partial charge on any atom is 0.0723 e. The van der Waals surface area contributed by atoms with E-state index in [-0.39, 0.29) is 6.10 Å². The van der Waals surface area contributed by atoms with Crippen LogP contribution in [0, 0.1) is 0 Å². The lowest BCUT2D eigenvalue weighted by atomic mass is 10.1. The minimum absolute atomic E-state index is 0.293. The van der Waals surface area contributed by atoms with E-state index in [4.69, 9.17) is 0 Å². The van der Waals surface area contributed by atoms with E-state index in [2.05, 4.69) is 22.9 Å². The van der Waals surface area contributed by atoms with Crippen LogP contribution >= 0.6 is 15.9 Å². The highest BCUT2D eigenvalue weighted by molar-refractivity contribution is 9.11. The van der Waals surface area contributed by atoms with Gasteiger partial charge in [0.2, 0.25) is 0 Å². The summed E-state index contributed by atoms with van der Waals surface area (Å²) in [5, 5.41) is 9.66. The molecule has 0 aliphatic carbocycles. The molecule has 0 aromatic carbocycles. The van der Waals surface area contributed by atoms with Crippen molar-refractivity contribution in [1.29, 1.82) is 0 Å². The third kappa shape index (κ3) is 13.6. The van der Waals surface area contributed by atoms with Crippen molar-refractivity contribution in [2.24, 2.45) is 0 Å². The molecule has 0 fully saturated rings. The monoisotopic (exact) mass is 300 g/mol. The Morgan fingerprint density at radius 2 is 1.59 bits per heavy atom. The minimum Gasteiger partial charge on any atom is -0.389 e. The van der Waals surface area contributed by atoms with Gasteiger partial charge in [0, 0.05) is 0 Å². The second-order valence-corrected chi connectivity index (χ2v) is 4.74. The summed E-state index contributed by atoms with van der Waals surface area (Å²) in [4.78, 5) is 1.80. The van der Waals surface area contributed by atoms with Gasteiger partial charge in [-0.05, 0) is 11.4 Å². The zero-order valence-corrected chi connectivity index (χ0v) is 12.4. The SMILES string of the molecule is CCCCCCCCC(O)/C=C/C=C/C=C\Br. The third-order valence-electron chi connectivity index (χ3n) is 2.59. The zero-order chi connectivity index (χ0) is 12.8. The third-order valence-corrected chi connectivity index (χ3v) is 2.90. The van der Waals surface area contributed by atoms with Gasteiger partial charge in [0.1, 0.15) is 0 Å². The maximum atomic E-state index is 9.66. The number of halogens is 1. The summed E-state index contributed by atoms with van der Waals surface area (Å²) in [6.45, 7) is 2.23. The number of hydrogen-bond acceptors (Lipinski definition) is 1. The first-order chi connectivity index (χ1) is 8.31. The number of rotatable bonds is 10. The Bertz CT molecular complexity index is 231. The summed E-state index contributed by atoms with van der Waals surface area (Å²) in [7, 11) is 0. The van der Waals surface area contributed by atoms with E-state index < -0.39 is 0 Å². The first-order valence-electron chi connectivity index (χ1n) is 6.59. The molecule has 0 aliphatic rings. The predicted octanol–water partition coefficient (Wildman–Crippen LogP) is 5.12. The van der Waals surface area contributed by atoms with Crippen LogP contribution in [0.4, 0.5) is 0 Å². The molecule has 0 aromatic rings. The van der Waals surface area contributed by atoms with Crippen molar-refractivity contribution < 1.29 is 5.11 Å². The van der Waals surface area contributed by atoms with Crippen molar-refractivity contribution in [2.45, 2.75) is 58.0 Å². The van der Waals surface area contributed by atoms with Crippen LogP contribution in [0.25, 0.3) is 0 Å². The Balaban J connectivity index is 3.42. The van der Waals surface area contributed by atoms with Crippen molar-refractivity contribution in [1.82, 2.24) is 0 Å². The molecule has 0 radical (unpaired) electrons. The van der Waals surface area contributed by atoms with Gasteiger partial charge in [0.15, 0.2) is 0 Å². The normalized spacial score (nSPS) is 14.3. The van der Waals surface area contributed by atoms with Crippen LogP contribution in [0.5, 0.6) is 0 Å². The quantitative estimate of drug-likeness (QED) is 0.438. The number of allylic oxidation sites excluding steroid dienone is 4. The average Bonchev–Trinajstić information content (AvgIpc) is 2.33. The van der Waals surface area contributed by atoms with Gasteiger partial charge in [-0.2, -0.15) is 0 Å².